The minimum Gasteiger partial charge on any atom is -0.508 e. The summed E-state index contributed by atoms with van der Waals surface area (Å²) in [7, 11) is 0. The second kappa shape index (κ2) is 8.64. The molecule has 0 aliphatic rings. The van der Waals surface area contributed by atoms with Gasteiger partial charge in [0.25, 0.3) is 5.91 Å². The van der Waals surface area contributed by atoms with Crippen molar-refractivity contribution in [2.45, 2.75) is 6.92 Å². The van der Waals surface area contributed by atoms with Crippen LogP contribution < -0.4 is 10.3 Å². The van der Waals surface area contributed by atoms with Crippen LogP contribution in [-0.2, 0) is 4.79 Å². The maximum Gasteiger partial charge on any atom is 0.271 e. The summed E-state index contributed by atoms with van der Waals surface area (Å²) in [5, 5.41) is 15.8. The van der Waals surface area contributed by atoms with Crippen molar-refractivity contribution < 1.29 is 14.7 Å². The molecule has 1 aromatic heterocycles. The van der Waals surface area contributed by atoms with Crippen LogP contribution in [0.4, 0.5) is 10.8 Å². The lowest BCUT2D eigenvalue weighted by molar-refractivity contribution is -0.115. The van der Waals surface area contributed by atoms with Gasteiger partial charge in [0.1, 0.15) is 5.75 Å². The topological polar surface area (TPSA) is 94.9 Å². The summed E-state index contributed by atoms with van der Waals surface area (Å²) >= 11 is 7.28. The molecule has 0 radical (unpaired) electrons. The Balaban J connectivity index is 1.72. The number of aromatic hydroxyl groups is 1. The highest BCUT2D eigenvalue weighted by atomic mass is 35.5. The summed E-state index contributed by atoms with van der Waals surface area (Å²) in [5.74, 6) is -0.554. The zero-order valence-corrected chi connectivity index (χ0v) is 16.2. The number of carbonyl (C=O) groups is 2. The highest BCUT2D eigenvalue weighted by Crippen LogP contribution is 2.30. The molecule has 0 aliphatic carbocycles. The molecule has 0 spiro atoms. The van der Waals surface area contributed by atoms with Crippen molar-refractivity contribution in [1.29, 1.82) is 0 Å². The second-order valence-electron chi connectivity index (χ2n) is 5.64. The Morgan fingerprint density at radius 1 is 1.25 bits per heavy atom. The molecule has 0 saturated heterocycles. The number of amides is 2. The zero-order valence-electron chi connectivity index (χ0n) is 14.7. The van der Waals surface area contributed by atoms with E-state index in [2.05, 4.69) is 15.5 Å². The van der Waals surface area contributed by atoms with Gasteiger partial charge in [-0.1, -0.05) is 17.7 Å². The molecule has 0 aliphatic heterocycles. The van der Waals surface area contributed by atoms with Gasteiger partial charge in [0.05, 0.1) is 17.6 Å². The molecule has 2 aromatic carbocycles. The van der Waals surface area contributed by atoms with Crippen LogP contribution in [0.15, 0.2) is 59.0 Å². The molecule has 0 unspecified atom stereocenters. The van der Waals surface area contributed by atoms with Crippen LogP contribution in [0.1, 0.15) is 23.0 Å². The van der Waals surface area contributed by atoms with Gasteiger partial charge in [-0.25, -0.2) is 10.4 Å². The van der Waals surface area contributed by atoms with E-state index >= 15 is 0 Å². The first-order valence-corrected chi connectivity index (χ1v) is 9.34. The number of hydrogen-bond acceptors (Lipinski definition) is 6. The predicted molar refractivity (Wildman–Crippen MR) is 110 cm³/mol. The Morgan fingerprint density at radius 2 is 2.00 bits per heavy atom. The van der Waals surface area contributed by atoms with Crippen molar-refractivity contribution in [3.63, 3.8) is 0 Å². The zero-order chi connectivity index (χ0) is 20.1. The van der Waals surface area contributed by atoms with Gasteiger partial charge in [0.2, 0.25) is 5.91 Å². The van der Waals surface area contributed by atoms with Crippen molar-refractivity contribution in [2.75, 3.05) is 4.90 Å². The number of phenolic OH excluding ortho intramolecular Hbond substituents is 1. The van der Waals surface area contributed by atoms with Crippen LogP contribution in [0, 0.1) is 0 Å². The Labute approximate surface area is 169 Å². The van der Waals surface area contributed by atoms with Gasteiger partial charge in [0, 0.05) is 22.9 Å². The van der Waals surface area contributed by atoms with Crippen molar-refractivity contribution in [1.82, 2.24) is 10.4 Å². The number of carbonyl (C=O) groups excluding carboxylic acids is 2. The van der Waals surface area contributed by atoms with Gasteiger partial charge in [-0.15, -0.1) is 11.3 Å². The molecular formula is C19H15ClN4O3S. The molecule has 28 heavy (non-hydrogen) atoms. The van der Waals surface area contributed by atoms with E-state index < -0.39 is 5.91 Å². The number of anilines is 2. The highest BCUT2D eigenvalue weighted by Gasteiger charge is 2.18. The molecule has 7 nitrogen and oxygen atoms in total. The third kappa shape index (κ3) is 4.73. The molecule has 1 heterocycles. The largest absolute Gasteiger partial charge is 0.508 e. The molecule has 0 fully saturated rings. The number of hydrogen-bond donors (Lipinski definition) is 2. The fourth-order valence-corrected chi connectivity index (χ4v) is 3.34. The summed E-state index contributed by atoms with van der Waals surface area (Å²) in [6.45, 7) is 1.44. The SMILES string of the molecule is CC(=O)N(c1cccc(Cl)c1)c1nc(/C=N\NC(=O)c2ccc(O)cc2)cs1. The minimum absolute atomic E-state index is 0.0739. The van der Waals surface area contributed by atoms with E-state index in [1.807, 2.05) is 0 Å². The van der Waals surface area contributed by atoms with Crippen molar-refractivity contribution in [3.05, 3.63) is 70.2 Å². The number of thiazole rings is 1. The van der Waals surface area contributed by atoms with Crippen LogP contribution >= 0.6 is 22.9 Å². The van der Waals surface area contributed by atoms with E-state index in [0.717, 1.165) is 0 Å². The number of benzene rings is 2. The molecule has 0 saturated carbocycles. The van der Waals surface area contributed by atoms with Crippen molar-refractivity contribution >= 4 is 51.8 Å². The maximum absolute atomic E-state index is 12.1. The van der Waals surface area contributed by atoms with E-state index in [1.54, 1.807) is 29.6 Å². The average molecular weight is 415 g/mol. The number of nitrogens with zero attached hydrogens (tertiary/aromatic N) is 3. The minimum atomic E-state index is -0.420. The third-order valence-corrected chi connectivity index (χ3v) is 4.65. The molecule has 3 aromatic rings. The van der Waals surface area contributed by atoms with E-state index in [9.17, 15) is 14.7 Å². The molecule has 2 amide bonds. The molecule has 3 rings (SSSR count). The Morgan fingerprint density at radius 3 is 2.68 bits per heavy atom. The van der Waals surface area contributed by atoms with Crippen LogP contribution in [0.3, 0.4) is 0 Å². The maximum atomic E-state index is 12.1. The van der Waals surface area contributed by atoms with E-state index in [-0.39, 0.29) is 11.7 Å². The quantitative estimate of drug-likeness (QED) is 0.488. The monoisotopic (exact) mass is 414 g/mol. The highest BCUT2D eigenvalue weighted by molar-refractivity contribution is 7.14. The molecular weight excluding hydrogens is 400 g/mol. The van der Waals surface area contributed by atoms with E-state index in [0.29, 0.717) is 27.1 Å². The second-order valence-corrected chi connectivity index (χ2v) is 6.91. The summed E-state index contributed by atoms with van der Waals surface area (Å²) in [6, 6.07) is 12.7. The molecule has 9 heteroatoms. The smallest absolute Gasteiger partial charge is 0.271 e. The van der Waals surface area contributed by atoms with Crippen LogP contribution in [0.25, 0.3) is 0 Å². The van der Waals surface area contributed by atoms with Crippen LogP contribution in [-0.4, -0.2) is 28.1 Å². The molecule has 142 valence electrons. The van der Waals surface area contributed by atoms with Gasteiger partial charge >= 0.3 is 0 Å². The predicted octanol–water partition coefficient (Wildman–Crippen LogP) is 3.95. The summed E-state index contributed by atoms with van der Waals surface area (Å²) < 4.78 is 0. The van der Waals surface area contributed by atoms with Crippen molar-refractivity contribution in [3.8, 4) is 5.75 Å². The van der Waals surface area contributed by atoms with Gasteiger partial charge in [-0.3, -0.25) is 14.5 Å². The lowest BCUT2D eigenvalue weighted by atomic mass is 10.2. The number of hydrazone groups is 1. The molecule has 0 atom stereocenters. The normalized spacial score (nSPS) is 10.8. The van der Waals surface area contributed by atoms with E-state index in [4.69, 9.17) is 11.6 Å². The van der Waals surface area contributed by atoms with Gasteiger partial charge in [-0.05, 0) is 42.5 Å². The Bertz CT molecular complexity index is 1030. The first-order chi connectivity index (χ1) is 13.4. The van der Waals surface area contributed by atoms with Crippen LogP contribution in [0.2, 0.25) is 5.02 Å². The number of halogens is 1. The Hall–Kier alpha value is -3.23. The lowest BCUT2D eigenvalue weighted by Crippen LogP contribution is -2.22. The number of nitrogens with one attached hydrogen (secondary N) is 1. The van der Waals surface area contributed by atoms with Gasteiger partial charge in [-0.2, -0.15) is 5.10 Å². The lowest BCUT2D eigenvalue weighted by Gasteiger charge is -2.18. The first-order valence-electron chi connectivity index (χ1n) is 8.08. The first kappa shape index (κ1) is 19.5. The number of rotatable bonds is 5. The van der Waals surface area contributed by atoms with Gasteiger partial charge < -0.3 is 5.11 Å². The fourth-order valence-electron chi connectivity index (χ4n) is 2.31. The number of aromatic nitrogens is 1. The molecule has 0 bridgehead atoms. The Kier molecular flexibility index (Phi) is 6.03. The van der Waals surface area contributed by atoms with Crippen LogP contribution in [0.5, 0.6) is 5.75 Å². The third-order valence-electron chi connectivity index (χ3n) is 3.57. The van der Waals surface area contributed by atoms with Gasteiger partial charge in [0.15, 0.2) is 5.13 Å². The number of phenols is 1. The standard InChI is InChI=1S/C19H15ClN4O3S/c1-12(25)24(16-4-2-3-14(20)9-16)19-22-15(11-28-19)10-21-23-18(27)13-5-7-17(26)8-6-13/h2-11,26H,1H3,(H,23,27)/b21-10-. The average Bonchev–Trinajstić information content (AvgIpc) is 3.10. The van der Waals surface area contributed by atoms with Crippen molar-refractivity contribution in [2.24, 2.45) is 5.10 Å². The van der Waals surface area contributed by atoms with E-state index in [1.165, 1.54) is 53.6 Å². The summed E-state index contributed by atoms with van der Waals surface area (Å²) in [6.07, 6.45) is 1.38. The summed E-state index contributed by atoms with van der Waals surface area (Å²) in [5.41, 5.74) is 3.84. The molecule has 2 N–H and O–H groups in total. The fraction of sp³-hybridized carbons (Fsp3) is 0.0526. The summed E-state index contributed by atoms with van der Waals surface area (Å²) in [4.78, 5) is 29.9.